The normalized spacial score (nSPS) is 35.1. The zero-order valence-corrected chi connectivity index (χ0v) is 17.6. The van der Waals surface area contributed by atoms with E-state index in [4.69, 9.17) is 18.9 Å². The van der Waals surface area contributed by atoms with Crippen LogP contribution in [0.5, 0.6) is 0 Å². The van der Waals surface area contributed by atoms with Crippen LogP contribution in [-0.4, -0.2) is 69.3 Å². The molecule has 0 spiro atoms. The van der Waals surface area contributed by atoms with E-state index in [-0.39, 0.29) is 19.0 Å². The van der Waals surface area contributed by atoms with Crippen molar-refractivity contribution in [2.24, 2.45) is 5.41 Å². The van der Waals surface area contributed by atoms with Gasteiger partial charge in [-0.15, -0.1) is 12.4 Å². The number of rotatable bonds is 6. The summed E-state index contributed by atoms with van der Waals surface area (Å²) in [5.74, 6) is -2.48. The lowest BCUT2D eigenvalue weighted by atomic mass is 9.76. The number of piperidine rings is 1. The SMILES string of the molecule is COC1(C)OC2CN(Cc3ccccc3)CC(CF)(CF)C2OC1(C)OC.Cl. The first-order valence-electron chi connectivity index (χ1n) is 9.19. The first kappa shape index (κ1) is 23.4. The van der Waals surface area contributed by atoms with Crippen molar-refractivity contribution in [2.75, 3.05) is 40.7 Å². The standard InChI is InChI=1S/C20H29F2NO4.ClH/c1-18(24-3)19(2,25-4)27-17-16(26-18)11-23(14-20(17,12-21)13-22)10-15-8-6-5-7-9-15;/h5-9,16-17H,10-14H2,1-4H3;1H. The van der Waals surface area contributed by atoms with Crippen LogP contribution < -0.4 is 0 Å². The molecule has 5 nitrogen and oxygen atoms in total. The quantitative estimate of drug-likeness (QED) is 0.704. The van der Waals surface area contributed by atoms with Crippen LogP contribution in [0.1, 0.15) is 19.4 Å². The summed E-state index contributed by atoms with van der Waals surface area (Å²) in [5, 5.41) is 0. The van der Waals surface area contributed by atoms with E-state index in [1.165, 1.54) is 14.2 Å². The van der Waals surface area contributed by atoms with E-state index in [1.54, 1.807) is 13.8 Å². The topological polar surface area (TPSA) is 40.2 Å². The van der Waals surface area contributed by atoms with Crippen molar-refractivity contribution in [1.29, 1.82) is 0 Å². The Morgan fingerprint density at radius 1 is 1.04 bits per heavy atom. The highest BCUT2D eigenvalue weighted by Gasteiger charge is 2.63. The van der Waals surface area contributed by atoms with Crippen LogP contribution in [0, 0.1) is 5.41 Å². The first-order chi connectivity index (χ1) is 12.8. The Bertz CT molecular complexity index is 636. The second kappa shape index (κ2) is 8.90. The van der Waals surface area contributed by atoms with Crippen LogP contribution in [0.2, 0.25) is 0 Å². The predicted molar refractivity (Wildman–Crippen MR) is 104 cm³/mol. The fourth-order valence-electron chi connectivity index (χ4n) is 4.09. The average Bonchev–Trinajstić information content (AvgIpc) is 2.69. The van der Waals surface area contributed by atoms with Crippen LogP contribution in [0.15, 0.2) is 30.3 Å². The molecule has 1 aromatic carbocycles. The molecule has 0 aromatic heterocycles. The highest BCUT2D eigenvalue weighted by atomic mass is 35.5. The minimum Gasteiger partial charge on any atom is -0.349 e. The molecule has 0 saturated carbocycles. The van der Waals surface area contributed by atoms with Gasteiger partial charge in [-0.2, -0.15) is 0 Å². The summed E-state index contributed by atoms with van der Waals surface area (Å²) in [7, 11) is 2.97. The number of hydrogen-bond acceptors (Lipinski definition) is 5. The molecule has 0 bridgehead atoms. The maximum absolute atomic E-state index is 14.2. The average molecular weight is 422 g/mol. The minimum atomic E-state index is -1.31. The Morgan fingerprint density at radius 2 is 1.61 bits per heavy atom. The van der Waals surface area contributed by atoms with Crippen LogP contribution in [0.3, 0.4) is 0 Å². The zero-order valence-electron chi connectivity index (χ0n) is 16.8. The molecule has 1 aromatic rings. The molecular formula is C20H30ClF2NO4. The molecule has 0 aliphatic carbocycles. The Labute approximate surface area is 171 Å². The second-order valence-electron chi connectivity index (χ2n) is 7.78. The summed E-state index contributed by atoms with van der Waals surface area (Å²) >= 11 is 0. The number of methoxy groups -OCH3 is 2. The van der Waals surface area contributed by atoms with E-state index in [2.05, 4.69) is 0 Å². The fraction of sp³-hybridized carbons (Fsp3) is 0.700. The molecule has 2 aliphatic heterocycles. The van der Waals surface area contributed by atoms with Crippen LogP contribution in [0.25, 0.3) is 0 Å². The molecule has 0 N–H and O–H groups in total. The van der Waals surface area contributed by atoms with Crippen molar-refractivity contribution in [3.8, 4) is 0 Å². The molecule has 2 heterocycles. The van der Waals surface area contributed by atoms with Gasteiger partial charge in [0, 0.05) is 33.9 Å². The Balaban J connectivity index is 0.00000280. The van der Waals surface area contributed by atoms with Crippen molar-refractivity contribution in [2.45, 2.75) is 44.2 Å². The summed E-state index contributed by atoms with van der Waals surface area (Å²) in [6, 6.07) is 9.84. The van der Waals surface area contributed by atoms with E-state index in [1.807, 2.05) is 35.2 Å². The van der Waals surface area contributed by atoms with Gasteiger partial charge >= 0.3 is 0 Å². The number of alkyl halides is 2. The lowest BCUT2D eigenvalue weighted by Gasteiger charge is -2.59. The largest absolute Gasteiger partial charge is 0.349 e. The third-order valence-corrected chi connectivity index (χ3v) is 6.03. The monoisotopic (exact) mass is 421 g/mol. The fourth-order valence-corrected chi connectivity index (χ4v) is 4.09. The molecule has 2 aliphatic rings. The van der Waals surface area contributed by atoms with Gasteiger partial charge in [0.2, 0.25) is 11.6 Å². The third kappa shape index (κ3) is 3.93. The second-order valence-corrected chi connectivity index (χ2v) is 7.78. The molecule has 2 fully saturated rings. The van der Waals surface area contributed by atoms with Crippen molar-refractivity contribution >= 4 is 12.4 Å². The van der Waals surface area contributed by atoms with Crippen LogP contribution in [0.4, 0.5) is 8.78 Å². The number of benzene rings is 1. The maximum atomic E-state index is 14.2. The van der Waals surface area contributed by atoms with Crippen molar-refractivity contribution in [1.82, 2.24) is 4.90 Å². The van der Waals surface area contributed by atoms with E-state index >= 15 is 0 Å². The number of nitrogens with zero attached hydrogens (tertiary/aromatic N) is 1. The third-order valence-electron chi connectivity index (χ3n) is 6.03. The van der Waals surface area contributed by atoms with Crippen molar-refractivity contribution < 1.29 is 27.7 Å². The Kier molecular flexibility index (Phi) is 7.45. The minimum absolute atomic E-state index is 0. The van der Waals surface area contributed by atoms with Gasteiger partial charge in [0.05, 0.1) is 5.41 Å². The molecular weight excluding hydrogens is 392 g/mol. The molecule has 160 valence electrons. The number of hydrogen-bond donors (Lipinski definition) is 0. The predicted octanol–water partition coefficient (Wildman–Crippen LogP) is 3.36. The lowest BCUT2D eigenvalue weighted by Crippen LogP contribution is -2.73. The van der Waals surface area contributed by atoms with Gasteiger partial charge in [-0.1, -0.05) is 30.3 Å². The Morgan fingerprint density at radius 3 is 2.14 bits per heavy atom. The highest BCUT2D eigenvalue weighted by molar-refractivity contribution is 5.85. The van der Waals surface area contributed by atoms with Gasteiger partial charge in [0.25, 0.3) is 0 Å². The number of likely N-dealkylation sites (tertiary alicyclic amines) is 1. The molecule has 0 amide bonds. The zero-order chi connectivity index (χ0) is 19.7. The van der Waals surface area contributed by atoms with Gasteiger partial charge in [-0.25, -0.2) is 0 Å². The van der Waals surface area contributed by atoms with Gasteiger partial charge < -0.3 is 18.9 Å². The Hall–Kier alpha value is -0.830. The first-order valence-corrected chi connectivity index (χ1v) is 9.19. The maximum Gasteiger partial charge on any atom is 0.220 e. The van der Waals surface area contributed by atoms with Crippen LogP contribution in [-0.2, 0) is 25.5 Å². The van der Waals surface area contributed by atoms with E-state index < -0.39 is 42.5 Å². The van der Waals surface area contributed by atoms with Gasteiger partial charge in [-0.3, -0.25) is 13.7 Å². The van der Waals surface area contributed by atoms with Crippen molar-refractivity contribution in [3.05, 3.63) is 35.9 Å². The lowest BCUT2D eigenvalue weighted by molar-refractivity contribution is -0.464. The van der Waals surface area contributed by atoms with E-state index in [9.17, 15) is 8.78 Å². The highest BCUT2D eigenvalue weighted by Crippen LogP contribution is 2.47. The summed E-state index contributed by atoms with van der Waals surface area (Å²) < 4.78 is 51.8. The van der Waals surface area contributed by atoms with Gasteiger partial charge in [0.15, 0.2) is 0 Å². The summed E-state index contributed by atoms with van der Waals surface area (Å²) in [4.78, 5) is 2.02. The summed E-state index contributed by atoms with van der Waals surface area (Å²) in [5.41, 5.74) is -0.234. The molecule has 4 unspecified atom stereocenters. The molecule has 8 heteroatoms. The number of fused-ring (bicyclic) bond motifs is 1. The molecule has 28 heavy (non-hydrogen) atoms. The van der Waals surface area contributed by atoms with Crippen molar-refractivity contribution in [3.63, 3.8) is 0 Å². The van der Waals surface area contributed by atoms with Crippen LogP contribution >= 0.6 is 12.4 Å². The number of halogens is 3. The molecule has 0 radical (unpaired) electrons. The van der Waals surface area contributed by atoms with E-state index in [0.717, 1.165) is 5.56 Å². The molecule has 3 rings (SSSR count). The van der Waals surface area contributed by atoms with Gasteiger partial charge in [-0.05, 0) is 19.4 Å². The summed E-state index contributed by atoms with van der Waals surface area (Å²) in [6.45, 7) is 3.01. The van der Waals surface area contributed by atoms with Gasteiger partial charge in [0.1, 0.15) is 25.6 Å². The number of ether oxygens (including phenoxy) is 4. The molecule has 2 saturated heterocycles. The molecule has 4 atom stereocenters. The summed E-state index contributed by atoms with van der Waals surface area (Å²) in [6.07, 6.45) is -1.31. The smallest absolute Gasteiger partial charge is 0.220 e. The van der Waals surface area contributed by atoms with E-state index in [0.29, 0.717) is 13.1 Å².